The summed E-state index contributed by atoms with van der Waals surface area (Å²) in [7, 11) is -2.98. The zero-order valence-electron chi connectivity index (χ0n) is 4.83. The minimum atomic E-state index is -3.92. The van der Waals surface area contributed by atoms with Crippen LogP contribution in [-0.2, 0) is 18.8 Å². The molecule has 0 rings (SSSR count). The Balaban J connectivity index is 3.61. The predicted octanol–water partition coefficient (Wildman–Crippen LogP) is -0.136. The summed E-state index contributed by atoms with van der Waals surface area (Å²) >= 11 is 0. The van der Waals surface area contributed by atoms with Crippen LogP contribution >= 0.6 is 0 Å². The van der Waals surface area contributed by atoms with E-state index < -0.39 is 23.7 Å². The Hall–Kier alpha value is -0.200. The lowest BCUT2D eigenvalue weighted by atomic mass is 10.9. The SMILES string of the molecule is COS(=O)(=O)OCCF. The van der Waals surface area contributed by atoms with Gasteiger partial charge in [-0.3, -0.25) is 4.18 Å². The summed E-state index contributed by atoms with van der Waals surface area (Å²) in [6.45, 7) is -1.33. The van der Waals surface area contributed by atoms with Gasteiger partial charge in [0.05, 0.1) is 13.7 Å². The zero-order valence-corrected chi connectivity index (χ0v) is 5.65. The number of alkyl halides is 1. The lowest BCUT2D eigenvalue weighted by Gasteiger charge is -1.97. The molecule has 0 radical (unpaired) electrons. The van der Waals surface area contributed by atoms with Gasteiger partial charge in [0.25, 0.3) is 0 Å². The van der Waals surface area contributed by atoms with E-state index in [2.05, 4.69) is 8.37 Å². The van der Waals surface area contributed by atoms with Gasteiger partial charge < -0.3 is 0 Å². The Morgan fingerprint density at radius 2 is 2.11 bits per heavy atom. The maximum absolute atomic E-state index is 11.2. The van der Waals surface area contributed by atoms with Gasteiger partial charge in [-0.1, -0.05) is 0 Å². The molecule has 0 heterocycles. The van der Waals surface area contributed by atoms with E-state index in [1.807, 2.05) is 0 Å². The van der Waals surface area contributed by atoms with Crippen LogP contribution in [0, 0.1) is 0 Å². The first-order valence-electron chi connectivity index (χ1n) is 2.13. The molecule has 0 unspecified atom stereocenters. The zero-order chi connectivity index (χ0) is 7.33. The molecule has 0 saturated carbocycles. The van der Waals surface area contributed by atoms with Crippen LogP contribution in [0.3, 0.4) is 0 Å². The van der Waals surface area contributed by atoms with Crippen LogP contribution in [0.5, 0.6) is 0 Å². The smallest absolute Gasteiger partial charge is 0.252 e. The van der Waals surface area contributed by atoms with Crippen LogP contribution in [0.1, 0.15) is 0 Å². The summed E-state index contributed by atoms with van der Waals surface area (Å²) in [5.74, 6) is 0. The summed E-state index contributed by atoms with van der Waals surface area (Å²) in [5, 5.41) is 0. The molecule has 0 aliphatic heterocycles. The highest BCUT2D eigenvalue weighted by Gasteiger charge is 2.06. The van der Waals surface area contributed by atoms with Crippen molar-refractivity contribution < 1.29 is 21.2 Å². The Bertz CT molecular complexity index is 151. The minimum Gasteiger partial charge on any atom is -0.252 e. The summed E-state index contributed by atoms with van der Waals surface area (Å²) in [4.78, 5) is 0. The second-order valence-electron chi connectivity index (χ2n) is 1.09. The standard InChI is InChI=1S/C3H7FO4S/c1-7-9(5,6)8-3-2-4/h2-3H2,1H3. The van der Waals surface area contributed by atoms with Gasteiger partial charge in [0.2, 0.25) is 0 Å². The molecule has 0 aromatic heterocycles. The van der Waals surface area contributed by atoms with Crippen molar-refractivity contribution in [2.24, 2.45) is 0 Å². The lowest BCUT2D eigenvalue weighted by molar-refractivity contribution is 0.223. The summed E-state index contributed by atoms with van der Waals surface area (Å²) < 4.78 is 39.2. The second kappa shape index (κ2) is 3.76. The average Bonchev–Trinajstić information content (AvgIpc) is 1.84. The van der Waals surface area contributed by atoms with Crippen molar-refractivity contribution in [2.75, 3.05) is 20.4 Å². The van der Waals surface area contributed by atoms with E-state index in [0.717, 1.165) is 7.11 Å². The lowest BCUT2D eigenvalue weighted by Crippen LogP contribution is -2.08. The van der Waals surface area contributed by atoms with Crippen LogP contribution in [0.25, 0.3) is 0 Å². The topological polar surface area (TPSA) is 52.6 Å². The van der Waals surface area contributed by atoms with E-state index in [0.29, 0.717) is 0 Å². The molecule has 0 fully saturated rings. The summed E-state index contributed by atoms with van der Waals surface area (Å²) in [6, 6.07) is 0. The van der Waals surface area contributed by atoms with Crippen LogP contribution in [0.2, 0.25) is 0 Å². The van der Waals surface area contributed by atoms with Crippen molar-refractivity contribution in [3.8, 4) is 0 Å². The number of hydrogen-bond donors (Lipinski definition) is 0. The normalized spacial score (nSPS) is 11.8. The number of hydrogen-bond acceptors (Lipinski definition) is 4. The van der Waals surface area contributed by atoms with Crippen LogP contribution < -0.4 is 0 Å². The fourth-order valence-electron chi connectivity index (χ4n) is 0.182. The largest absolute Gasteiger partial charge is 0.399 e. The van der Waals surface area contributed by atoms with E-state index in [1.165, 1.54) is 0 Å². The second-order valence-corrected chi connectivity index (χ2v) is 2.47. The summed E-state index contributed by atoms with van der Waals surface area (Å²) in [6.07, 6.45) is 0. The molecule has 0 aromatic carbocycles. The molecule has 0 N–H and O–H groups in total. The molecule has 56 valence electrons. The Morgan fingerprint density at radius 1 is 1.56 bits per heavy atom. The highest BCUT2D eigenvalue weighted by molar-refractivity contribution is 7.81. The van der Waals surface area contributed by atoms with Gasteiger partial charge in [-0.2, -0.15) is 8.42 Å². The molecule has 0 bridgehead atoms. The first kappa shape index (κ1) is 8.80. The van der Waals surface area contributed by atoms with E-state index in [-0.39, 0.29) is 0 Å². The van der Waals surface area contributed by atoms with Crippen molar-refractivity contribution in [2.45, 2.75) is 0 Å². The monoisotopic (exact) mass is 158 g/mol. The Kier molecular flexibility index (Phi) is 3.67. The molecule has 0 aromatic rings. The van der Waals surface area contributed by atoms with Crippen molar-refractivity contribution in [1.29, 1.82) is 0 Å². The van der Waals surface area contributed by atoms with E-state index in [9.17, 15) is 12.8 Å². The maximum Gasteiger partial charge on any atom is 0.399 e. The molecule has 0 spiro atoms. The third-order valence-corrected chi connectivity index (χ3v) is 1.37. The van der Waals surface area contributed by atoms with E-state index in [4.69, 9.17) is 0 Å². The van der Waals surface area contributed by atoms with Gasteiger partial charge in [-0.05, 0) is 0 Å². The van der Waals surface area contributed by atoms with E-state index >= 15 is 0 Å². The molecule has 6 heteroatoms. The fraction of sp³-hybridized carbons (Fsp3) is 1.00. The highest BCUT2D eigenvalue weighted by atomic mass is 32.3. The van der Waals surface area contributed by atoms with Gasteiger partial charge in [-0.25, -0.2) is 8.57 Å². The maximum atomic E-state index is 11.2. The molecule has 0 aliphatic carbocycles. The molecule has 4 nitrogen and oxygen atoms in total. The van der Waals surface area contributed by atoms with Gasteiger partial charge in [-0.15, -0.1) is 0 Å². The predicted molar refractivity (Wildman–Crippen MR) is 27.9 cm³/mol. The molecule has 0 aliphatic rings. The van der Waals surface area contributed by atoms with Gasteiger partial charge in [0, 0.05) is 0 Å². The fourth-order valence-corrected chi connectivity index (χ4v) is 0.545. The highest BCUT2D eigenvalue weighted by Crippen LogP contribution is 1.91. The molecular formula is C3H7FO4S. The molecule has 0 atom stereocenters. The molecule has 9 heavy (non-hydrogen) atoms. The number of rotatable bonds is 4. The van der Waals surface area contributed by atoms with Crippen molar-refractivity contribution >= 4 is 10.4 Å². The van der Waals surface area contributed by atoms with E-state index in [1.54, 1.807) is 0 Å². The quantitative estimate of drug-likeness (QED) is 0.571. The minimum absolute atomic E-state index is 0.490. The first-order chi connectivity index (χ1) is 4.12. The Morgan fingerprint density at radius 3 is 2.44 bits per heavy atom. The third kappa shape index (κ3) is 4.31. The molecular weight excluding hydrogens is 151 g/mol. The first-order valence-corrected chi connectivity index (χ1v) is 3.46. The van der Waals surface area contributed by atoms with Crippen LogP contribution in [0.4, 0.5) is 4.39 Å². The van der Waals surface area contributed by atoms with Crippen molar-refractivity contribution in [3.05, 3.63) is 0 Å². The third-order valence-electron chi connectivity index (χ3n) is 0.509. The summed E-state index contributed by atoms with van der Waals surface area (Å²) in [5.41, 5.74) is 0. The van der Waals surface area contributed by atoms with Crippen molar-refractivity contribution in [3.63, 3.8) is 0 Å². The molecule has 0 saturated heterocycles. The Labute approximate surface area is 52.9 Å². The van der Waals surface area contributed by atoms with Gasteiger partial charge in [0.1, 0.15) is 6.67 Å². The van der Waals surface area contributed by atoms with Gasteiger partial charge >= 0.3 is 10.4 Å². The van der Waals surface area contributed by atoms with Gasteiger partial charge in [0.15, 0.2) is 0 Å². The number of halogens is 1. The van der Waals surface area contributed by atoms with Crippen molar-refractivity contribution in [1.82, 2.24) is 0 Å². The average molecular weight is 158 g/mol. The van der Waals surface area contributed by atoms with Crippen LogP contribution in [-0.4, -0.2) is 28.8 Å². The van der Waals surface area contributed by atoms with Crippen LogP contribution in [0.15, 0.2) is 0 Å². The molecule has 0 amide bonds.